The van der Waals surface area contributed by atoms with Gasteiger partial charge in [0, 0.05) is 23.7 Å². The van der Waals surface area contributed by atoms with Crippen molar-refractivity contribution in [1.82, 2.24) is 10.2 Å². The predicted octanol–water partition coefficient (Wildman–Crippen LogP) is 1.37. The van der Waals surface area contributed by atoms with Crippen molar-refractivity contribution in [2.45, 2.75) is 19.4 Å². The molecule has 1 aliphatic rings. The number of halogens is 1. The summed E-state index contributed by atoms with van der Waals surface area (Å²) in [6.07, 6.45) is -1.13. The molecule has 1 fully saturated rings. The molecule has 8 heteroatoms. The average molecular weight is 341 g/mol. The van der Waals surface area contributed by atoms with Crippen LogP contribution in [0.15, 0.2) is 18.2 Å². The van der Waals surface area contributed by atoms with E-state index in [-0.39, 0.29) is 13.0 Å². The lowest BCUT2D eigenvalue weighted by atomic mass is 10.1. The van der Waals surface area contributed by atoms with Crippen LogP contribution in [0.1, 0.15) is 12.5 Å². The van der Waals surface area contributed by atoms with Crippen LogP contribution in [0.4, 0.5) is 4.79 Å². The lowest BCUT2D eigenvalue weighted by Crippen LogP contribution is -2.42. The number of hydrogen-bond acceptors (Lipinski definition) is 5. The number of ether oxygens (including phenoxy) is 2. The van der Waals surface area contributed by atoms with E-state index < -0.39 is 24.0 Å². The van der Waals surface area contributed by atoms with Gasteiger partial charge in [-0.25, -0.2) is 4.79 Å². The molecular weight excluding hydrogens is 324 g/mol. The standard InChI is InChI=1S/C15H17ClN2O5/c1-9(14(20)18-6-5-17-15(18)21)23-13(19)8-10-7-11(16)3-4-12(10)22-2/h3-4,7,9H,5-6,8H2,1-2H3,(H,17,21)/t9-/m1/s1. The molecule has 23 heavy (non-hydrogen) atoms. The first-order chi connectivity index (χ1) is 10.9. The SMILES string of the molecule is COc1ccc(Cl)cc1CC(=O)O[C@H](C)C(=O)N1CCNC1=O. The minimum Gasteiger partial charge on any atom is -0.496 e. The third-order valence-electron chi connectivity index (χ3n) is 3.36. The van der Waals surface area contributed by atoms with Gasteiger partial charge in [-0.1, -0.05) is 11.6 Å². The normalized spacial score (nSPS) is 15.1. The van der Waals surface area contributed by atoms with Gasteiger partial charge >= 0.3 is 12.0 Å². The maximum Gasteiger partial charge on any atom is 0.324 e. The minimum absolute atomic E-state index is 0.0897. The molecule has 0 saturated carbocycles. The molecule has 7 nitrogen and oxygen atoms in total. The lowest BCUT2D eigenvalue weighted by Gasteiger charge is -2.18. The van der Waals surface area contributed by atoms with E-state index in [4.69, 9.17) is 21.1 Å². The Balaban J connectivity index is 1.98. The van der Waals surface area contributed by atoms with Crippen LogP contribution in [0.5, 0.6) is 5.75 Å². The molecule has 0 aromatic heterocycles. The van der Waals surface area contributed by atoms with Crippen LogP contribution >= 0.6 is 11.6 Å². The second-order valence-corrected chi connectivity index (χ2v) is 5.42. The molecule has 1 aliphatic heterocycles. The Morgan fingerprint density at radius 2 is 2.17 bits per heavy atom. The smallest absolute Gasteiger partial charge is 0.324 e. The molecule has 124 valence electrons. The van der Waals surface area contributed by atoms with Gasteiger partial charge in [0.25, 0.3) is 5.91 Å². The number of amides is 3. The van der Waals surface area contributed by atoms with Crippen molar-refractivity contribution in [2.75, 3.05) is 20.2 Å². The summed E-state index contributed by atoms with van der Waals surface area (Å²) in [6, 6.07) is 4.41. The fourth-order valence-corrected chi connectivity index (χ4v) is 2.43. The molecule has 3 amide bonds. The quantitative estimate of drug-likeness (QED) is 0.818. The monoisotopic (exact) mass is 340 g/mol. The zero-order valence-electron chi connectivity index (χ0n) is 12.8. The molecular formula is C15H17ClN2O5. The number of carbonyl (C=O) groups excluding carboxylic acids is 3. The highest BCUT2D eigenvalue weighted by atomic mass is 35.5. The van der Waals surface area contributed by atoms with Crippen LogP contribution < -0.4 is 10.1 Å². The first-order valence-electron chi connectivity index (χ1n) is 7.03. The number of esters is 1. The largest absolute Gasteiger partial charge is 0.496 e. The Kier molecular flexibility index (Phi) is 5.44. The molecule has 0 bridgehead atoms. The second-order valence-electron chi connectivity index (χ2n) is 4.99. The van der Waals surface area contributed by atoms with E-state index in [9.17, 15) is 14.4 Å². The van der Waals surface area contributed by atoms with Gasteiger partial charge in [0.05, 0.1) is 13.5 Å². The molecule has 1 atom stereocenters. The van der Waals surface area contributed by atoms with E-state index in [1.807, 2.05) is 0 Å². The molecule has 1 aromatic carbocycles. The van der Waals surface area contributed by atoms with E-state index >= 15 is 0 Å². The second kappa shape index (κ2) is 7.32. The highest BCUT2D eigenvalue weighted by Crippen LogP contribution is 2.23. The van der Waals surface area contributed by atoms with E-state index in [1.165, 1.54) is 14.0 Å². The number of urea groups is 1. The summed E-state index contributed by atoms with van der Waals surface area (Å²) < 4.78 is 10.3. The maximum absolute atomic E-state index is 12.1. The van der Waals surface area contributed by atoms with Crippen LogP contribution in [0.25, 0.3) is 0 Å². The van der Waals surface area contributed by atoms with Crippen LogP contribution in [0, 0.1) is 0 Å². The summed E-state index contributed by atoms with van der Waals surface area (Å²) in [5, 5.41) is 2.98. The van der Waals surface area contributed by atoms with Crippen LogP contribution in [-0.2, 0) is 20.7 Å². The van der Waals surface area contributed by atoms with E-state index in [1.54, 1.807) is 18.2 Å². The Morgan fingerprint density at radius 3 is 2.78 bits per heavy atom. The van der Waals surface area contributed by atoms with E-state index in [0.29, 0.717) is 22.9 Å². The van der Waals surface area contributed by atoms with Crippen molar-refractivity contribution < 1.29 is 23.9 Å². The van der Waals surface area contributed by atoms with Crippen LogP contribution in [0.2, 0.25) is 5.02 Å². The van der Waals surface area contributed by atoms with Crippen LogP contribution in [-0.4, -0.2) is 49.1 Å². The number of nitrogens with zero attached hydrogens (tertiary/aromatic N) is 1. The van der Waals surface area contributed by atoms with Crippen molar-refractivity contribution in [3.63, 3.8) is 0 Å². The number of rotatable bonds is 5. The van der Waals surface area contributed by atoms with Gasteiger partial charge in [-0.3, -0.25) is 14.5 Å². The molecule has 1 N–H and O–H groups in total. The Hall–Kier alpha value is -2.28. The number of carbonyl (C=O) groups is 3. The van der Waals surface area contributed by atoms with E-state index in [0.717, 1.165) is 4.90 Å². The Bertz CT molecular complexity index is 634. The van der Waals surface area contributed by atoms with Crippen molar-refractivity contribution in [3.05, 3.63) is 28.8 Å². The van der Waals surface area contributed by atoms with Gasteiger partial charge in [0.2, 0.25) is 0 Å². The summed E-state index contributed by atoms with van der Waals surface area (Å²) in [7, 11) is 1.48. The average Bonchev–Trinajstić information content (AvgIpc) is 2.92. The van der Waals surface area contributed by atoms with E-state index in [2.05, 4.69) is 5.32 Å². The van der Waals surface area contributed by atoms with Gasteiger partial charge in [0.15, 0.2) is 6.10 Å². The van der Waals surface area contributed by atoms with Gasteiger partial charge in [-0.2, -0.15) is 0 Å². The topological polar surface area (TPSA) is 84.9 Å². The van der Waals surface area contributed by atoms with Crippen molar-refractivity contribution in [2.24, 2.45) is 0 Å². The Labute approximate surface area is 138 Å². The molecule has 0 spiro atoms. The third-order valence-corrected chi connectivity index (χ3v) is 3.59. The molecule has 2 rings (SSSR count). The number of methoxy groups -OCH3 is 1. The molecule has 0 unspecified atom stereocenters. The first kappa shape index (κ1) is 17.1. The molecule has 1 heterocycles. The third kappa shape index (κ3) is 4.13. The number of hydrogen-bond donors (Lipinski definition) is 1. The summed E-state index contributed by atoms with van der Waals surface area (Å²) in [5.74, 6) is -0.651. The summed E-state index contributed by atoms with van der Waals surface area (Å²) >= 11 is 5.90. The van der Waals surface area contributed by atoms with Gasteiger partial charge in [-0.15, -0.1) is 0 Å². The fraction of sp³-hybridized carbons (Fsp3) is 0.400. The van der Waals surface area contributed by atoms with Gasteiger partial charge in [0.1, 0.15) is 5.75 Å². The van der Waals surface area contributed by atoms with Crippen molar-refractivity contribution in [1.29, 1.82) is 0 Å². The molecule has 1 aromatic rings. The zero-order valence-corrected chi connectivity index (χ0v) is 13.6. The van der Waals surface area contributed by atoms with Gasteiger partial charge in [-0.05, 0) is 25.1 Å². The number of nitrogens with one attached hydrogen (secondary N) is 1. The Morgan fingerprint density at radius 1 is 1.43 bits per heavy atom. The van der Waals surface area contributed by atoms with Gasteiger partial charge < -0.3 is 14.8 Å². The molecule has 0 radical (unpaired) electrons. The summed E-state index contributed by atoms with van der Waals surface area (Å²) in [5.41, 5.74) is 0.559. The molecule has 0 aliphatic carbocycles. The highest BCUT2D eigenvalue weighted by Gasteiger charge is 2.31. The lowest BCUT2D eigenvalue weighted by molar-refractivity contribution is -0.156. The first-order valence-corrected chi connectivity index (χ1v) is 7.41. The maximum atomic E-state index is 12.1. The number of benzene rings is 1. The predicted molar refractivity (Wildman–Crippen MR) is 82.4 cm³/mol. The van der Waals surface area contributed by atoms with Crippen molar-refractivity contribution >= 4 is 29.5 Å². The van der Waals surface area contributed by atoms with Crippen molar-refractivity contribution in [3.8, 4) is 5.75 Å². The highest BCUT2D eigenvalue weighted by molar-refractivity contribution is 6.30. The van der Waals surface area contributed by atoms with Crippen LogP contribution in [0.3, 0.4) is 0 Å². The minimum atomic E-state index is -1.04. The fourth-order valence-electron chi connectivity index (χ4n) is 2.23. The molecule has 1 saturated heterocycles. The number of imide groups is 1. The summed E-state index contributed by atoms with van der Waals surface area (Å²) in [4.78, 5) is 36.5. The zero-order chi connectivity index (χ0) is 17.0. The summed E-state index contributed by atoms with van der Waals surface area (Å²) in [6.45, 7) is 2.09.